The van der Waals surface area contributed by atoms with E-state index < -0.39 is 0 Å². The van der Waals surface area contributed by atoms with Crippen molar-refractivity contribution in [2.45, 2.75) is 0 Å². The van der Waals surface area contributed by atoms with E-state index in [1.54, 1.807) is 6.20 Å². The topological polar surface area (TPSA) is 18.5 Å². The quantitative estimate of drug-likeness (QED) is 0.488. The first-order valence-electron chi connectivity index (χ1n) is 3.23. The average molecular weight is 157 g/mol. The van der Waals surface area contributed by atoms with Gasteiger partial charge in [0.25, 0.3) is 0 Å². The Morgan fingerprint density at radius 1 is 1.33 bits per heavy atom. The molecule has 0 aromatic carbocycles. The minimum Gasteiger partial charge on any atom is -0.243 e. The van der Waals surface area contributed by atoms with Gasteiger partial charge in [-0.15, -0.1) is 12.0 Å². The Morgan fingerprint density at radius 3 is 2.58 bits per heavy atom. The zero-order valence-corrected chi connectivity index (χ0v) is 6.41. The van der Waals surface area contributed by atoms with Gasteiger partial charge in [-0.1, -0.05) is 18.8 Å². The second-order valence-corrected chi connectivity index (χ2v) is 2.11. The van der Waals surface area contributed by atoms with Crippen LogP contribution in [0.25, 0.3) is 0 Å². The summed E-state index contributed by atoms with van der Waals surface area (Å²) < 4.78 is 0. The number of terminal acetylenes is 3. The highest BCUT2D eigenvalue weighted by atomic mass is 15.7. The maximum absolute atomic E-state index is 5.20. The van der Waals surface area contributed by atoms with Crippen LogP contribution in [0.4, 0.5) is 0 Å². The third-order valence-corrected chi connectivity index (χ3v) is 1.32. The molecule has 1 aliphatic heterocycles. The summed E-state index contributed by atoms with van der Waals surface area (Å²) in [6.07, 6.45) is 17.1. The van der Waals surface area contributed by atoms with Crippen LogP contribution in [0.15, 0.2) is 11.8 Å². The van der Waals surface area contributed by atoms with Crippen LogP contribution in [0.2, 0.25) is 0 Å². The third-order valence-electron chi connectivity index (χ3n) is 1.32. The highest BCUT2D eigenvalue weighted by molar-refractivity contribution is 5.28. The Kier molecular flexibility index (Phi) is 2.29. The van der Waals surface area contributed by atoms with Crippen molar-refractivity contribution in [1.29, 1.82) is 0 Å². The number of hydrogen-bond donors (Lipinski definition) is 1. The summed E-state index contributed by atoms with van der Waals surface area (Å²) in [7, 11) is 0. The second kappa shape index (κ2) is 3.39. The van der Waals surface area contributed by atoms with Gasteiger partial charge in [-0.05, 0) is 0 Å². The Labute approximate surface area is 72.0 Å². The molecule has 0 aromatic rings. The van der Waals surface area contributed by atoms with E-state index in [4.69, 9.17) is 19.3 Å². The standard InChI is InChI=1S/C9H7N3/c1-4-9-7-11(5-2)10-12(6-3)8-9/h1-3,7,10H,8H2. The molecule has 0 saturated carbocycles. The predicted molar refractivity (Wildman–Crippen MR) is 46.3 cm³/mol. The summed E-state index contributed by atoms with van der Waals surface area (Å²) in [5.41, 5.74) is 3.48. The lowest BCUT2D eigenvalue weighted by Crippen LogP contribution is -2.46. The number of hydrogen-bond acceptors (Lipinski definition) is 3. The van der Waals surface area contributed by atoms with E-state index in [1.165, 1.54) is 10.0 Å². The number of rotatable bonds is 0. The molecule has 0 aliphatic carbocycles. The van der Waals surface area contributed by atoms with E-state index in [2.05, 4.69) is 23.5 Å². The van der Waals surface area contributed by atoms with E-state index >= 15 is 0 Å². The first kappa shape index (κ1) is 8.08. The average Bonchev–Trinajstić information content (AvgIpc) is 2.16. The maximum atomic E-state index is 5.20. The van der Waals surface area contributed by atoms with Crippen LogP contribution in [0.1, 0.15) is 0 Å². The molecule has 0 amide bonds. The SMILES string of the molecule is C#CC1=CN(C#C)NN(C#C)C1. The molecular weight excluding hydrogens is 150 g/mol. The summed E-state index contributed by atoms with van der Waals surface area (Å²) >= 11 is 0. The molecule has 0 unspecified atom stereocenters. The van der Waals surface area contributed by atoms with Crippen molar-refractivity contribution < 1.29 is 0 Å². The van der Waals surface area contributed by atoms with Gasteiger partial charge in [-0.2, -0.15) is 0 Å². The van der Waals surface area contributed by atoms with E-state index in [9.17, 15) is 0 Å². The van der Waals surface area contributed by atoms with Gasteiger partial charge in [0.2, 0.25) is 0 Å². The third kappa shape index (κ3) is 1.52. The molecule has 58 valence electrons. The molecule has 1 rings (SSSR count). The van der Waals surface area contributed by atoms with Crippen molar-refractivity contribution in [2.75, 3.05) is 6.54 Å². The van der Waals surface area contributed by atoms with Crippen LogP contribution in [-0.2, 0) is 0 Å². The molecule has 0 fully saturated rings. The summed E-state index contributed by atoms with van der Waals surface area (Å²) in [5.74, 6) is 2.48. The summed E-state index contributed by atoms with van der Waals surface area (Å²) in [6.45, 7) is 0.491. The van der Waals surface area contributed by atoms with Gasteiger partial charge < -0.3 is 0 Å². The lowest BCUT2D eigenvalue weighted by molar-refractivity contribution is 0.158. The molecule has 0 bridgehead atoms. The zero-order valence-electron chi connectivity index (χ0n) is 6.41. The molecule has 0 aromatic heterocycles. The molecule has 1 aliphatic rings. The molecule has 3 heteroatoms. The highest BCUT2D eigenvalue weighted by Crippen LogP contribution is 2.02. The van der Waals surface area contributed by atoms with Gasteiger partial charge in [0, 0.05) is 23.9 Å². The molecule has 12 heavy (non-hydrogen) atoms. The fraction of sp³-hybridized carbons (Fsp3) is 0.111. The van der Waals surface area contributed by atoms with Crippen LogP contribution >= 0.6 is 0 Å². The normalized spacial score (nSPS) is 15.6. The highest BCUT2D eigenvalue weighted by Gasteiger charge is 2.11. The molecule has 3 nitrogen and oxygen atoms in total. The van der Waals surface area contributed by atoms with Crippen molar-refractivity contribution in [1.82, 2.24) is 15.6 Å². The van der Waals surface area contributed by atoms with E-state index in [-0.39, 0.29) is 0 Å². The number of nitrogens with zero attached hydrogens (tertiary/aromatic N) is 2. The number of hydrazine groups is 2. The molecule has 0 atom stereocenters. The number of nitrogens with one attached hydrogen (secondary N) is 1. The molecule has 1 N–H and O–H groups in total. The Balaban J connectivity index is 2.82. The largest absolute Gasteiger partial charge is 0.243 e. The van der Waals surface area contributed by atoms with Gasteiger partial charge in [0.1, 0.15) is 0 Å². The van der Waals surface area contributed by atoms with Crippen LogP contribution in [0.5, 0.6) is 0 Å². The van der Waals surface area contributed by atoms with Gasteiger partial charge in [0.15, 0.2) is 0 Å². The van der Waals surface area contributed by atoms with Crippen LogP contribution in [0, 0.1) is 37.3 Å². The zero-order chi connectivity index (χ0) is 8.97. The Bertz CT molecular complexity index is 321. The van der Waals surface area contributed by atoms with Crippen molar-refractivity contribution in [3.8, 4) is 37.3 Å². The minimum atomic E-state index is 0.491. The van der Waals surface area contributed by atoms with Crippen LogP contribution in [-0.4, -0.2) is 16.6 Å². The van der Waals surface area contributed by atoms with Gasteiger partial charge in [0.05, 0.1) is 6.54 Å². The van der Waals surface area contributed by atoms with Crippen molar-refractivity contribution in [3.63, 3.8) is 0 Å². The lowest BCUT2D eigenvalue weighted by atomic mass is 10.3. The molecule has 0 spiro atoms. The molecule has 0 radical (unpaired) electrons. The van der Waals surface area contributed by atoms with E-state index in [0.717, 1.165) is 5.57 Å². The van der Waals surface area contributed by atoms with Crippen molar-refractivity contribution >= 4 is 0 Å². The minimum absolute atomic E-state index is 0.491. The van der Waals surface area contributed by atoms with Gasteiger partial charge >= 0.3 is 0 Å². The van der Waals surface area contributed by atoms with Crippen LogP contribution in [0.3, 0.4) is 0 Å². The second-order valence-electron chi connectivity index (χ2n) is 2.11. The smallest absolute Gasteiger partial charge is 0.0793 e. The fourth-order valence-electron chi connectivity index (χ4n) is 0.785. The Hall–Kier alpha value is -2.02. The maximum Gasteiger partial charge on any atom is 0.0793 e. The lowest BCUT2D eigenvalue weighted by Gasteiger charge is -2.28. The van der Waals surface area contributed by atoms with Crippen molar-refractivity contribution in [3.05, 3.63) is 11.8 Å². The van der Waals surface area contributed by atoms with Gasteiger partial charge in [-0.3, -0.25) is 0 Å². The molecule has 1 heterocycles. The molecule has 0 saturated heterocycles. The summed E-state index contributed by atoms with van der Waals surface area (Å²) in [6, 6.07) is 4.73. The summed E-state index contributed by atoms with van der Waals surface area (Å²) in [4.78, 5) is 0. The van der Waals surface area contributed by atoms with E-state index in [1.807, 2.05) is 0 Å². The van der Waals surface area contributed by atoms with Gasteiger partial charge in [-0.25, -0.2) is 10.0 Å². The van der Waals surface area contributed by atoms with Crippen molar-refractivity contribution in [2.24, 2.45) is 0 Å². The van der Waals surface area contributed by atoms with E-state index in [0.29, 0.717) is 6.54 Å². The van der Waals surface area contributed by atoms with Crippen LogP contribution < -0.4 is 5.53 Å². The monoisotopic (exact) mass is 157 g/mol. The first-order valence-corrected chi connectivity index (χ1v) is 3.23. The first-order chi connectivity index (χ1) is 5.80. The molecular formula is C9H7N3. The Morgan fingerprint density at radius 2 is 2.08 bits per heavy atom. The summed E-state index contributed by atoms with van der Waals surface area (Å²) in [5, 5.41) is 2.84. The predicted octanol–water partition coefficient (Wildman–Crippen LogP) is -0.278. The fourth-order valence-corrected chi connectivity index (χ4v) is 0.785.